The van der Waals surface area contributed by atoms with E-state index in [1.54, 1.807) is 17.7 Å². The predicted octanol–water partition coefficient (Wildman–Crippen LogP) is 8.99. The first-order valence-corrected chi connectivity index (χ1v) is 20.1. The third-order valence-corrected chi connectivity index (χ3v) is 16.2. The van der Waals surface area contributed by atoms with Crippen molar-refractivity contribution in [3.63, 3.8) is 0 Å². The summed E-state index contributed by atoms with van der Waals surface area (Å²) in [5.74, 6) is 0.925. The lowest BCUT2D eigenvalue weighted by Crippen LogP contribution is -2.74. The lowest BCUT2D eigenvalue weighted by molar-refractivity contribution is 1.08. The molecule has 0 aliphatic rings. The van der Waals surface area contributed by atoms with Gasteiger partial charge >= 0.3 is 0 Å². The van der Waals surface area contributed by atoms with Gasteiger partial charge in [-0.1, -0.05) is 158 Å². The van der Waals surface area contributed by atoms with Crippen molar-refractivity contribution in [2.24, 2.45) is 0 Å². The molecule has 0 saturated carbocycles. The van der Waals surface area contributed by atoms with E-state index in [1.165, 1.54) is 47.3 Å². The van der Waals surface area contributed by atoms with Crippen LogP contribution in [0.1, 0.15) is 0 Å². The fourth-order valence-corrected chi connectivity index (χ4v) is 13.9. The van der Waals surface area contributed by atoms with Crippen LogP contribution in [0.2, 0.25) is 0 Å². The van der Waals surface area contributed by atoms with E-state index in [0.29, 0.717) is 0 Å². The van der Waals surface area contributed by atoms with Gasteiger partial charge in [-0.3, -0.25) is 4.57 Å². The van der Waals surface area contributed by atoms with Crippen LogP contribution in [-0.4, -0.2) is 22.6 Å². The second kappa shape index (κ2) is 12.0. The van der Waals surface area contributed by atoms with Crippen LogP contribution in [0.25, 0.3) is 59.1 Å². The molecule has 0 N–H and O–H groups in total. The molecule has 3 heterocycles. The molecule has 10 aromatic rings. The standard InChI is InChI=1S/C46H31N3SSi/c1-4-14-34(15-5-1)51(35-16-6-2-7-17-35,36-18-8-3-9-19-36)37-27-24-32(25-28-37)33-26-29-43-40(30-33)44-45(50-43)46(48-31-47-44)49-41-22-12-10-20-38(41)39-21-11-13-23-42(39)49/h1-31H. The summed E-state index contributed by atoms with van der Waals surface area (Å²) in [5.41, 5.74) is 5.66. The predicted molar refractivity (Wildman–Crippen MR) is 218 cm³/mol. The van der Waals surface area contributed by atoms with E-state index in [-0.39, 0.29) is 0 Å². The van der Waals surface area contributed by atoms with Crippen molar-refractivity contribution in [3.8, 4) is 16.9 Å². The van der Waals surface area contributed by atoms with Crippen LogP contribution in [-0.2, 0) is 0 Å². The van der Waals surface area contributed by atoms with E-state index < -0.39 is 8.07 Å². The molecular formula is C46H31N3SSi. The van der Waals surface area contributed by atoms with Gasteiger partial charge in [0, 0.05) is 20.9 Å². The number of rotatable bonds is 6. The molecule has 0 saturated heterocycles. The fourth-order valence-electron chi connectivity index (χ4n) is 8.03. The van der Waals surface area contributed by atoms with Gasteiger partial charge in [-0.25, -0.2) is 9.97 Å². The molecule has 10 rings (SSSR count). The Balaban J connectivity index is 1.12. The van der Waals surface area contributed by atoms with Crippen LogP contribution >= 0.6 is 11.3 Å². The minimum Gasteiger partial charge on any atom is -0.292 e. The average molecular weight is 686 g/mol. The highest BCUT2D eigenvalue weighted by Gasteiger charge is 2.41. The molecule has 3 nitrogen and oxygen atoms in total. The molecule has 0 amide bonds. The number of nitrogens with zero attached hydrogens (tertiary/aromatic N) is 3. The van der Waals surface area contributed by atoms with Crippen LogP contribution in [0, 0.1) is 0 Å². The number of hydrogen-bond donors (Lipinski definition) is 0. The number of aromatic nitrogens is 3. The van der Waals surface area contributed by atoms with Crippen LogP contribution in [0.15, 0.2) is 188 Å². The third-order valence-electron chi connectivity index (χ3n) is 10.3. The summed E-state index contributed by atoms with van der Waals surface area (Å²) >= 11 is 1.77. The largest absolute Gasteiger partial charge is 0.292 e. The Labute approximate surface area is 300 Å². The highest BCUT2D eigenvalue weighted by atomic mass is 32.1. The summed E-state index contributed by atoms with van der Waals surface area (Å²) in [6.45, 7) is 0. The fraction of sp³-hybridized carbons (Fsp3) is 0. The van der Waals surface area contributed by atoms with Crippen LogP contribution in [0.5, 0.6) is 0 Å². The van der Waals surface area contributed by atoms with Crippen molar-refractivity contribution in [2.45, 2.75) is 0 Å². The normalized spacial score (nSPS) is 11.9. The van der Waals surface area contributed by atoms with Gasteiger partial charge in [0.05, 0.1) is 21.3 Å². The monoisotopic (exact) mass is 685 g/mol. The lowest BCUT2D eigenvalue weighted by Gasteiger charge is -2.34. The molecule has 3 aromatic heterocycles. The van der Waals surface area contributed by atoms with Crippen LogP contribution < -0.4 is 20.7 Å². The molecule has 5 heteroatoms. The number of benzene rings is 7. The zero-order valence-electron chi connectivity index (χ0n) is 27.6. The van der Waals surface area contributed by atoms with Crippen molar-refractivity contribution in [3.05, 3.63) is 188 Å². The minimum atomic E-state index is -2.58. The maximum Gasteiger partial charge on any atom is 0.179 e. The van der Waals surface area contributed by atoms with E-state index in [4.69, 9.17) is 9.97 Å². The number of hydrogen-bond acceptors (Lipinski definition) is 3. The molecule has 240 valence electrons. The Hall–Kier alpha value is -6.14. The summed E-state index contributed by atoms with van der Waals surface area (Å²) in [5, 5.41) is 9.10. The summed E-state index contributed by atoms with van der Waals surface area (Å²) in [7, 11) is -2.58. The summed E-state index contributed by atoms with van der Waals surface area (Å²) in [6, 6.07) is 66.6. The Kier molecular flexibility index (Phi) is 7.01. The van der Waals surface area contributed by atoms with Gasteiger partial charge in [-0.05, 0) is 56.1 Å². The molecule has 0 spiro atoms. The number of thiophene rings is 1. The van der Waals surface area contributed by atoms with Crippen molar-refractivity contribution in [1.82, 2.24) is 14.5 Å². The van der Waals surface area contributed by atoms with Crippen molar-refractivity contribution in [1.29, 1.82) is 0 Å². The van der Waals surface area contributed by atoms with Gasteiger partial charge in [0.1, 0.15) is 6.33 Å². The number of fused-ring (bicyclic) bond motifs is 6. The molecule has 7 aromatic carbocycles. The van der Waals surface area contributed by atoms with Crippen molar-refractivity contribution in [2.75, 3.05) is 0 Å². The van der Waals surface area contributed by atoms with E-state index in [9.17, 15) is 0 Å². The van der Waals surface area contributed by atoms with E-state index in [0.717, 1.165) is 32.5 Å². The Morgan fingerprint density at radius 3 is 1.49 bits per heavy atom. The maximum absolute atomic E-state index is 4.90. The van der Waals surface area contributed by atoms with Crippen molar-refractivity contribution < 1.29 is 0 Å². The highest BCUT2D eigenvalue weighted by molar-refractivity contribution is 7.26. The van der Waals surface area contributed by atoms with Crippen LogP contribution in [0.3, 0.4) is 0 Å². The quantitative estimate of drug-likeness (QED) is 0.129. The molecule has 51 heavy (non-hydrogen) atoms. The van der Waals surface area contributed by atoms with Gasteiger partial charge in [0.25, 0.3) is 0 Å². The Morgan fingerprint density at radius 2 is 0.922 bits per heavy atom. The molecule has 0 unspecified atom stereocenters. The van der Waals surface area contributed by atoms with E-state index >= 15 is 0 Å². The molecule has 0 aliphatic heterocycles. The molecule has 0 radical (unpaired) electrons. The maximum atomic E-state index is 4.90. The van der Waals surface area contributed by atoms with Gasteiger partial charge in [-0.15, -0.1) is 11.3 Å². The second-order valence-electron chi connectivity index (χ2n) is 13.0. The number of para-hydroxylation sites is 2. The molecule has 0 atom stereocenters. The second-order valence-corrected chi connectivity index (χ2v) is 17.8. The Morgan fingerprint density at radius 1 is 0.431 bits per heavy atom. The first-order chi connectivity index (χ1) is 25.3. The van der Waals surface area contributed by atoms with E-state index in [2.05, 4.69) is 187 Å². The molecule has 0 fully saturated rings. The highest BCUT2D eigenvalue weighted by Crippen LogP contribution is 2.40. The zero-order chi connectivity index (χ0) is 33.8. The minimum absolute atomic E-state index is 0.925. The topological polar surface area (TPSA) is 30.7 Å². The first kappa shape index (κ1) is 29.7. The molecule has 0 aliphatic carbocycles. The lowest BCUT2D eigenvalue weighted by atomic mass is 10.0. The van der Waals surface area contributed by atoms with Gasteiger partial charge in [-0.2, -0.15) is 0 Å². The van der Waals surface area contributed by atoms with Gasteiger partial charge < -0.3 is 0 Å². The smallest absolute Gasteiger partial charge is 0.179 e. The first-order valence-electron chi connectivity index (χ1n) is 17.2. The zero-order valence-corrected chi connectivity index (χ0v) is 29.5. The van der Waals surface area contributed by atoms with E-state index in [1.807, 2.05) is 0 Å². The Bertz CT molecular complexity index is 2690. The van der Waals surface area contributed by atoms with Gasteiger partial charge in [0.2, 0.25) is 0 Å². The SMILES string of the molecule is c1ccc([Si](c2ccccc2)(c2ccccc2)c2ccc(-c3ccc4sc5c(-n6c7ccccc7c7ccccc76)ncnc5c4c3)cc2)cc1. The summed E-state index contributed by atoms with van der Waals surface area (Å²) in [4.78, 5) is 9.77. The molecular weight excluding hydrogens is 655 g/mol. The van der Waals surface area contributed by atoms with Crippen molar-refractivity contribution >= 4 is 82.3 Å². The van der Waals surface area contributed by atoms with Gasteiger partial charge in [0.15, 0.2) is 13.9 Å². The average Bonchev–Trinajstić information content (AvgIpc) is 3.75. The summed E-state index contributed by atoms with van der Waals surface area (Å²) < 4.78 is 4.60. The summed E-state index contributed by atoms with van der Waals surface area (Å²) in [6.07, 6.45) is 1.72. The molecule has 0 bridgehead atoms. The van der Waals surface area contributed by atoms with Crippen LogP contribution in [0.4, 0.5) is 0 Å². The third kappa shape index (κ3) is 4.63.